The van der Waals surface area contributed by atoms with Crippen molar-refractivity contribution in [2.45, 2.75) is 6.10 Å². The fourth-order valence-electron chi connectivity index (χ4n) is 0.282. The molecule has 1 unspecified atom stereocenters. The number of aliphatic hydroxyl groups excluding tert-OH is 1. The van der Waals surface area contributed by atoms with Gasteiger partial charge in [-0.25, -0.2) is 4.79 Å². The van der Waals surface area contributed by atoms with Crippen molar-refractivity contribution in [2.75, 3.05) is 26.6 Å². The summed E-state index contributed by atoms with van der Waals surface area (Å²) in [4.78, 5) is 10.3. The summed E-state index contributed by atoms with van der Waals surface area (Å²) in [6.07, 6.45) is 0.242. The normalized spacial score (nSPS) is 10.8. The van der Waals surface area contributed by atoms with Crippen LogP contribution in [-0.2, 0) is 9.53 Å². The number of carbonyl (C=O) groups excluding carboxylic acids is 1. The Labute approximate surface area is 83.5 Å². The number of hydrogen-bond acceptors (Lipinski definition) is 4. The Morgan fingerprint density at radius 1 is 1.77 bits per heavy atom. The highest BCUT2D eigenvalue weighted by atomic mass is 35.5. The highest BCUT2D eigenvalue weighted by Gasteiger charge is 2.03. The number of carbonyl (C=O) groups is 1. The molecular formula is C8H16ClNO3. The van der Waals surface area contributed by atoms with Crippen LogP contribution in [0.2, 0.25) is 0 Å². The fraction of sp³-hybridized carbons (Fsp3) is 0.625. The molecule has 0 rings (SSSR count). The van der Waals surface area contributed by atoms with Crippen LogP contribution in [-0.4, -0.2) is 43.8 Å². The van der Waals surface area contributed by atoms with Gasteiger partial charge in [-0.2, -0.15) is 0 Å². The number of halogens is 1. The average Bonchev–Trinajstić information content (AvgIpc) is 2.14. The van der Waals surface area contributed by atoms with Crippen LogP contribution >= 0.6 is 11.6 Å². The minimum absolute atomic E-state index is 0.0599. The van der Waals surface area contributed by atoms with E-state index in [1.165, 1.54) is 0 Å². The van der Waals surface area contributed by atoms with Crippen molar-refractivity contribution >= 4 is 17.6 Å². The van der Waals surface area contributed by atoms with Gasteiger partial charge in [0.2, 0.25) is 0 Å². The number of rotatable bonds is 4. The molecule has 0 aromatic carbocycles. The number of ether oxygens (including phenoxy) is 1. The molecule has 0 saturated heterocycles. The minimum Gasteiger partial charge on any atom is -0.460 e. The van der Waals surface area contributed by atoms with Crippen LogP contribution in [0, 0.1) is 0 Å². The lowest BCUT2D eigenvalue weighted by Gasteiger charge is -2.04. The second-order valence-electron chi connectivity index (χ2n) is 2.14. The van der Waals surface area contributed by atoms with Gasteiger partial charge in [0.05, 0.1) is 5.88 Å². The molecule has 0 aliphatic heterocycles. The van der Waals surface area contributed by atoms with E-state index in [1.807, 2.05) is 14.1 Å². The van der Waals surface area contributed by atoms with Gasteiger partial charge in [0.15, 0.2) is 0 Å². The van der Waals surface area contributed by atoms with E-state index in [9.17, 15) is 4.79 Å². The third-order valence-electron chi connectivity index (χ3n) is 0.763. The van der Waals surface area contributed by atoms with E-state index in [0.29, 0.717) is 0 Å². The zero-order chi connectivity index (χ0) is 10.7. The Hall–Kier alpha value is -0.580. The number of hydrogen-bond donors (Lipinski definition) is 2. The highest BCUT2D eigenvalue weighted by molar-refractivity contribution is 6.18. The molecule has 0 aromatic rings. The first-order chi connectivity index (χ1) is 6.12. The van der Waals surface area contributed by atoms with E-state index in [0.717, 1.165) is 6.08 Å². The molecule has 0 heterocycles. The number of nitrogens with one attached hydrogen (secondary N) is 1. The first-order valence-corrected chi connectivity index (χ1v) is 4.27. The zero-order valence-electron chi connectivity index (χ0n) is 7.92. The molecular weight excluding hydrogens is 194 g/mol. The van der Waals surface area contributed by atoms with Crippen LogP contribution in [0.1, 0.15) is 0 Å². The standard InChI is InChI=1S/C6H9ClO3.C2H7N/c1-2-6(9)10-4-5(8)3-7;1-3-2/h2,5,8H,1,3-4H2;3H,1-2H3. The maximum atomic E-state index is 10.3. The van der Waals surface area contributed by atoms with Gasteiger partial charge in [-0.15, -0.1) is 11.6 Å². The molecule has 4 nitrogen and oxygen atoms in total. The lowest BCUT2D eigenvalue weighted by molar-refractivity contribution is -0.140. The van der Waals surface area contributed by atoms with Crippen molar-refractivity contribution in [2.24, 2.45) is 0 Å². The molecule has 0 radical (unpaired) electrons. The van der Waals surface area contributed by atoms with Crippen LogP contribution in [0.3, 0.4) is 0 Å². The SMILES string of the molecule is C=CC(=O)OCC(O)CCl.CNC. The summed E-state index contributed by atoms with van der Waals surface area (Å²) in [6.45, 7) is 3.10. The van der Waals surface area contributed by atoms with Gasteiger partial charge in [0.25, 0.3) is 0 Å². The van der Waals surface area contributed by atoms with Crippen molar-refractivity contribution in [1.29, 1.82) is 0 Å². The Bertz CT molecular complexity index is 141. The summed E-state index contributed by atoms with van der Waals surface area (Å²) in [5, 5.41) is 11.5. The third-order valence-corrected chi connectivity index (χ3v) is 1.12. The zero-order valence-corrected chi connectivity index (χ0v) is 8.67. The Kier molecular flexibility index (Phi) is 13.1. The van der Waals surface area contributed by atoms with Gasteiger partial charge in [0.1, 0.15) is 12.7 Å². The molecule has 0 saturated carbocycles. The van der Waals surface area contributed by atoms with Gasteiger partial charge < -0.3 is 15.2 Å². The molecule has 5 heteroatoms. The van der Waals surface area contributed by atoms with E-state index in [4.69, 9.17) is 16.7 Å². The topological polar surface area (TPSA) is 58.6 Å². The van der Waals surface area contributed by atoms with Crippen molar-refractivity contribution in [3.8, 4) is 0 Å². The van der Waals surface area contributed by atoms with Crippen molar-refractivity contribution in [3.63, 3.8) is 0 Å². The minimum atomic E-state index is -0.787. The van der Waals surface area contributed by atoms with E-state index < -0.39 is 12.1 Å². The molecule has 0 spiro atoms. The van der Waals surface area contributed by atoms with Crippen LogP contribution < -0.4 is 5.32 Å². The first kappa shape index (κ1) is 14.9. The molecule has 0 amide bonds. The molecule has 1 atom stereocenters. The summed E-state index contributed by atoms with van der Waals surface area (Å²) >= 11 is 5.21. The molecule has 0 fully saturated rings. The van der Waals surface area contributed by atoms with E-state index in [1.54, 1.807) is 0 Å². The maximum absolute atomic E-state index is 10.3. The van der Waals surface area contributed by atoms with Crippen molar-refractivity contribution in [3.05, 3.63) is 12.7 Å². The van der Waals surface area contributed by atoms with Gasteiger partial charge >= 0.3 is 5.97 Å². The molecule has 2 N–H and O–H groups in total. The smallest absolute Gasteiger partial charge is 0.330 e. The lowest BCUT2D eigenvalue weighted by atomic mass is 10.4. The summed E-state index contributed by atoms with van der Waals surface area (Å²) in [6, 6.07) is 0. The largest absolute Gasteiger partial charge is 0.460 e. The number of esters is 1. The van der Waals surface area contributed by atoms with Gasteiger partial charge in [0, 0.05) is 6.08 Å². The second-order valence-corrected chi connectivity index (χ2v) is 2.45. The molecule has 13 heavy (non-hydrogen) atoms. The first-order valence-electron chi connectivity index (χ1n) is 3.74. The van der Waals surface area contributed by atoms with Crippen LogP contribution in [0.25, 0.3) is 0 Å². The summed E-state index contributed by atoms with van der Waals surface area (Å²) in [7, 11) is 3.75. The van der Waals surface area contributed by atoms with Crippen LogP contribution in [0.5, 0.6) is 0 Å². The molecule has 0 bridgehead atoms. The average molecular weight is 210 g/mol. The Balaban J connectivity index is 0. The number of alkyl halides is 1. The molecule has 0 aliphatic rings. The fourth-order valence-corrected chi connectivity index (χ4v) is 0.371. The predicted molar refractivity (Wildman–Crippen MR) is 52.9 cm³/mol. The van der Waals surface area contributed by atoms with E-state index in [-0.39, 0.29) is 12.5 Å². The number of aliphatic hydroxyl groups is 1. The monoisotopic (exact) mass is 209 g/mol. The van der Waals surface area contributed by atoms with Gasteiger partial charge in [-0.3, -0.25) is 0 Å². The Morgan fingerprint density at radius 3 is 2.54 bits per heavy atom. The van der Waals surface area contributed by atoms with E-state index in [2.05, 4.69) is 16.6 Å². The van der Waals surface area contributed by atoms with Crippen LogP contribution in [0.15, 0.2) is 12.7 Å². The Morgan fingerprint density at radius 2 is 2.23 bits per heavy atom. The molecule has 0 aliphatic carbocycles. The molecule has 0 aromatic heterocycles. The summed E-state index contributed by atoms with van der Waals surface area (Å²) in [5.41, 5.74) is 0. The van der Waals surface area contributed by atoms with Crippen molar-refractivity contribution < 1.29 is 14.6 Å². The predicted octanol–water partition coefficient (Wildman–Crippen LogP) is 0.151. The quantitative estimate of drug-likeness (QED) is 0.393. The van der Waals surface area contributed by atoms with Gasteiger partial charge in [-0.1, -0.05) is 6.58 Å². The maximum Gasteiger partial charge on any atom is 0.330 e. The lowest BCUT2D eigenvalue weighted by Crippen LogP contribution is -2.18. The second kappa shape index (κ2) is 11.4. The highest BCUT2D eigenvalue weighted by Crippen LogP contribution is 1.89. The van der Waals surface area contributed by atoms with E-state index >= 15 is 0 Å². The van der Waals surface area contributed by atoms with Crippen molar-refractivity contribution in [1.82, 2.24) is 5.32 Å². The third kappa shape index (κ3) is 14.3. The molecule has 78 valence electrons. The summed E-state index contributed by atoms with van der Waals surface area (Å²) < 4.78 is 4.45. The summed E-state index contributed by atoms with van der Waals surface area (Å²) in [5.74, 6) is -0.492. The van der Waals surface area contributed by atoms with Crippen LogP contribution in [0.4, 0.5) is 0 Å². The van der Waals surface area contributed by atoms with Gasteiger partial charge in [-0.05, 0) is 14.1 Å².